The highest BCUT2D eigenvalue weighted by molar-refractivity contribution is 6.18. The molecule has 0 bridgehead atoms. The second-order valence-corrected chi connectivity index (χ2v) is 3.71. The monoisotopic (exact) mass is 198 g/mol. The molecule has 0 saturated heterocycles. The first-order valence-corrected chi connectivity index (χ1v) is 5.17. The topological polar surface area (TPSA) is 0 Å². The summed E-state index contributed by atoms with van der Waals surface area (Å²) in [6.07, 6.45) is 9.80. The highest BCUT2D eigenvalue weighted by Crippen LogP contribution is 2.34. The van der Waals surface area contributed by atoms with Crippen molar-refractivity contribution >= 4 is 11.6 Å². The fourth-order valence-electron chi connectivity index (χ4n) is 1.48. The van der Waals surface area contributed by atoms with Gasteiger partial charge in [0.15, 0.2) is 0 Å². The zero-order valence-electron chi connectivity index (χ0n) is 8.27. The molecule has 74 valence electrons. The molecule has 0 aliphatic carbocycles. The summed E-state index contributed by atoms with van der Waals surface area (Å²) in [5.74, 6) is 0.666. The second-order valence-electron chi connectivity index (χ2n) is 3.45. The number of alkyl halides is 1. The number of halogens is 1. The van der Waals surface area contributed by atoms with E-state index in [9.17, 15) is 0 Å². The average molecular weight is 199 g/mol. The molecule has 0 aromatic heterocycles. The molecular weight excluding hydrogens is 180 g/mol. The van der Waals surface area contributed by atoms with Gasteiger partial charge in [0, 0.05) is 5.88 Å². The van der Waals surface area contributed by atoms with E-state index in [0.717, 1.165) is 25.7 Å². The third-order valence-electron chi connectivity index (χ3n) is 2.32. The van der Waals surface area contributed by atoms with E-state index in [1.165, 1.54) is 0 Å². The zero-order valence-corrected chi connectivity index (χ0v) is 9.02. The van der Waals surface area contributed by atoms with Crippen molar-refractivity contribution in [2.75, 3.05) is 5.88 Å². The molecule has 0 unspecified atom stereocenters. The Morgan fingerprint density at radius 2 is 1.54 bits per heavy atom. The number of hydrogen-bond donors (Lipinski definition) is 0. The SMILES string of the molecule is C=CCCC(CCl)(CC=C)CC=C. The van der Waals surface area contributed by atoms with Gasteiger partial charge in [0.1, 0.15) is 0 Å². The summed E-state index contributed by atoms with van der Waals surface area (Å²) in [5, 5.41) is 0. The predicted octanol–water partition coefficient (Wildman–Crippen LogP) is 4.33. The van der Waals surface area contributed by atoms with E-state index in [4.69, 9.17) is 11.6 Å². The molecule has 0 nitrogen and oxygen atoms in total. The van der Waals surface area contributed by atoms with Crippen molar-refractivity contribution in [1.82, 2.24) is 0 Å². The van der Waals surface area contributed by atoms with E-state index < -0.39 is 0 Å². The fraction of sp³-hybridized carbons (Fsp3) is 0.500. The molecule has 0 aliphatic rings. The Balaban J connectivity index is 4.31. The van der Waals surface area contributed by atoms with Crippen molar-refractivity contribution < 1.29 is 0 Å². The lowest BCUT2D eigenvalue weighted by Gasteiger charge is -2.29. The molecule has 0 atom stereocenters. The Bertz CT molecular complexity index is 160. The molecule has 0 saturated carbocycles. The lowest BCUT2D eigenvalue weighted by Crippen LogP contribution is -2.21. The number of allylic oxidation sites excluding steroid dienone is 3. The molecule has 0 aliphatic heterocycles. The first-order valence-electron chi connectivity index (χ1n) is 4.63. The number of hydrogen-bond acceptors (Lipinski definition) is 0. The molecule has 13 heavy (non-hydrogen) atoms. The average Bonchev–Trinajstić information content (AvgIpc) is 2.15. The van der Waals surface area contributed by atoms with Gasteiger partial charge >= 0.3 is 0 Å². The fourth-order valence-corrected chi connectivity index (χ4v) is 1.84. The van der Waals surface area contributed by atoms with Crippen LogP contribution in [0.25, 0.3) is 0 Å². The lowest BCUT2D eigenvalue weighted by molar-refractivity contribution is 0.313. The van der Waals surface area contributed by atoms with Crippen molar-refractivity contribution in [3.8, 4) is 0 Å². The van der Waals surface area contributed by atoms with Crippen LogP contribution in [0, 0.1) is 5.41 Å². The van der Waals surface area contributed by atoms with Gasteiger partial charge in [-0.25, -0.2) is 0 Å². The largest absolute Gasteiger partial charge is 0.126 e. The summed E-state index contributed by atoms with van der Waals surface area (Å²) in [4.78, 5) is 0. The standard InChI is InChI=1S/C12H19Cl/c1-4-7-10-12(11-13,8-5-2)9-6-3/h4-6H,1-3,7-11H2. The van der Waals surface area contributed by atoms with Crippen LogP contribution in [0.1, 0.15) is 25.7 Å². The summed E-state index contributed by atoms with van der Waals surface area (Å²) < 4.78 is 0. The molecular formula is C12H19Cl. The molecule has 0 aromatic rings. The Labute approximate surface area is 87.0 Å². The molecule has 1 heteroatoms. The van der Waals surface area contributed by atoms with Crippen LogP contribution in [-0.2, 0) is 0 Å². The minimum atomic E-state index is 0.152. The van der Waals surface area contributed by atoms with E-state index in [1.807, 2.05) is 18.2 Å². The van der Waals surface area contributed by atoms with E-state index in [-0.39, 0.29) is 5.41 Å². The molecule has 0 fully saturated rings. The molecule has 0 rings (SSSR count). The van der Waals surface area contributed by atoms with E-state index in [0.29, 0.717) is 5.88 Å². The molecule has 0 amide bonds. The summed E-state index contributed by atoms with van der Waals surface area (Å²) in [7, 11) is 0. The van der Waals surface area contributed by atoms with Gasteiger partial charge in [-0.2, -0.15) is 0 Å². The van der Waals surface area contributed by atoms with Crippen molar-refractivity contribution in [2.24, 2.45) is 5.41 Å². The quantitative estimate of drug-likeness (QED) is 0.402. The van der Waals surface area contributed by atoms with Crippen molar-refractivity contribution in [1.29, 1.82) is 0 Å². The van der Waals surface area contributed by atoms with Gasteiger partial charge in [0.25, 0.3) is 0 Å². The van der Waals surface area contributed by atoms with Gasteiger partial charge < -0.3 is 0 Å². The van der Waals surface area contributed by atoms with Crippen LogP contribution in [0.5, 0.6) is 0 Å². The highest BCUT2D eigenvalue weighted by atomic mass is 35.5. The minimum Gasteiger partial charge on any atom is -0.126 e. The summed E-state index contributed by atoms with van der Waals surface area (Å²) in [5.41, 5.74) is 0.152. The predicted molar refractivity (Wildman–Crippen MR) is 62.2 cm³/mol. The Hall–Kier alpha value is -0.490. The Morgan fingerprint density at radius 3 is 1.85 bits per heavy atom. The highest BCUT2D eigenvalue weighted by Gasteiger charge is 2.25. The normalized spacial score (nSPS) is 10.8. The van der Waals surface area contributed by atoms with Crippen LogP contribution < -0.4 is 0 Å². The van der Waals surface area contributed by atoms with Crippen LogP contribution in [0.4, 0.5) is 0 Å². The van der Waals surface area contributed by atoms with Crippen molar-refractivity contribution in [3.05, 3.63) is 38.0 Å². The molecule has 0 heterocycles. The smallest absolute Gasteiger partial charge is 0.0286 e. The summed E-state index contributed by atoms with van der Waals surface area (Å²) in [6, 6.07) is 0. The maximum atomic E-state index is 5.99. The first-order chi connectivity index (χ1) is 6.24. The Morgan fingerprint density at radius 1 is 1.00 bits per heavy atom. The van der Waals surface area contributed by atoms with Crippen LogP contribution in [0.2, 0.25) is 0 Å². The van der Waals surface area contributed by atoms with Crippen molar-refractivity contribution in [2.45, 2.75) is 25.7 Å². The lowest BCUT2D eigenvalue weighted by atomic mass is 9.79. The Kier molecular flexibility index (Phi) is 6.70. The number of rotatable bonds is 8. The van der Waals surface area contributed by atoms with E-state index in [1.54, 1.807) is 0 Å². The molecule has 0 spiro atoms. The third-order valence-corrected chi connectivity index (χ3v) is 2.88. The minimum absolute atomic E-state index is 0.152. The zero-order chi connectivity index (χ0) is 10.2. The van der Waals surface area contributed by atoms with Gasteiger partial charge in [-0.15, -0.1) is 31.3 Å². The summed E-state index contributed by atoms with van der Waals surface area (Å²) in [6.45, 7) is 11.3. The van der Waals surface area contributed by atoms with Crippen LogP contribution in [-0.4, -0.2) is 5.88 Å². The van der Waals surface area contributed by atoms with Crippen molar-refractivity contribution in [3.63, 3.8) is 0 Å². The molecule has 0 aromatic carbocycles. The van der Waals surface area contributed by atoms with Crippen LogP contribution >= 0.6 is 11.6 Å². The van der Waals surface area contributed by atoms with Gasteiger partial charge in [-0.1, -0.05) is 18.2 Å². The van der Waals surface area contributed by atoms with Gasteiger partial charge in [-0.3, -0.25) is 0 Å². The third kappa shape index (κ3) is 4.33. The van der Waals surface area contributed by atoms with Gasteiger partial charge in [-0.05, 0) is 31.1 Å². The van der Waals surface area contributed by atoms with Gasteiger partial charge in [0.2, 0.25) is 0 Å². The van der Waals surface area contributed by atoms with E-state index in [2.05, 4.69) is 19.7 Å². The maximum Gasteiger partial charge on any atom is 0.0286 e. The summed E-state index contributed by atoms with van der Waals surface area (Å²) >= 11 is 5.99. The van der Waals surface area contributed by atoms with Crippen LogP contribution in [0.3, 0.4) is 0 Å². The van der Waals surface area contributed by atoms with E-state index >= 15 is 0 Å². The van der Waals surface area contributed by atoms with Crippen LogP contribution in [0.15, 0.2) is 38.0 Å². The first kappa shape index (κ1) is 12.5. The maximum absolute atomic E-state index is 5.99. The van der Waals surface area contributed by atoms with Gasteiger partial charge in [0.05, 0.1) is 0 Å². The molecule has 0 radical (unpaired) electrons. The second kappa shape index (κ2) is 6.97. The molecule has 0 N–H and O–H groups in total.